The van der Waals surface area contributed by atoms with Crippen molar-refractivity contribution in [1.82, 2.24) is 30.0 Å². The largest absolute Gasteiger partial charge is 0.473 e. The lowest BCUT2D eigenvalue weighted by Crippen LogP contribution is -2.23. The van der Waals surface area contributed by atoms with E-state index in [-0.39, 0.29) is 12.5 Å². The molecule has 2 heterocycles. The summed E-state index contributed by atoms with van der Waals surface area (Å²) in [5, 5.41) is 14.1. The van der Waals surface area contributed by atoms with Crippen LogP contribution in [0.5, 0.6) is 5.88 Å². The van der Waals surface area contributed by atoms with Gasteiger partial charge in [-0.2, -0.15) is 14.5 Å². The molecule has 3 aromatic rings. The Bertz CT molecular complexity index is 926. The van der Waals surface area contributed by atoms with Gasteiger partial charge in [0.05, 0.1) is 11.9 Å². The van der Waals surface area contributed by atoms with E-state index < -0.39 is 11.5 Å². The lowest BCUT2D eigenvalue weighted by molar-refractivity contribution is 0.291. The molecule has 9 heteroatoms. The number of tetrazole rings is 1. The Kier molecular flexibility index (Phi) is 3.40. The van der Waals surface area contributed by atoms with Gasteiger partial charge in [-0.3, -0.25) is 0 Å². The van der Waals surface area contributed by atoms with Gasteiger partial charge in [0.15, 0.2) is 0 Å². The molecule has 0 unspecified atom stereocenters. The topological polar surface area (TPSA) is 90.6 Å². The van der Waals surface area contributed by atoms with Crippen LogP contribution in [0.15, 0.2) is 29.2 Å². The summed E-state index contributed by atoms with van der Waals surface area (Å²) in [4.78, 5) is 12.2. The molecule has 1 saturated carbocycles. The van der Waals surface area contributed by atoms with Crippen LogP contribution in [-0.2, 0) is 13.7 Å². The molecule has 2 aromatic heterocycles. The van der Waals surface area contributed by atoms with E-state index in [1.54, 1.807) is 12.3 Å². The highest BCUT2D eigenvalue weighted by molar-refractivity contribution is 5.48. The fourth-order valence-electron chi connectivity index (χ4n) is 2.69. The summed E-state index contributed by atoms with van der Waals surface area (Å²) in [5.41, 5.74) is 1.50. The Morgan fingerprint density at radius 2 is 2.21 bits per heavy atom. The van der Waals surface area contributed by atoms with Gasteiger partial charge in [-0.25, -0.2) is 14.3 Å². The third kappa shape index (κ3) is 2.57. The summed E-state index contributed by atoms with van der Waals surface area (Å²) in [6.07, 6.45) is 3.57. The Morgan fingerprint density at radius 3 is 2.83 bits per heavy atom. The van der Waals surface area contributed by atoms with E-state index >= 15 is 0 Å². The minimum Gasteiger partial charge on any atom is -0.473 e. The fourth-order valence-corrected chi connectivity index (χ4v) is 2.69. The first kappa shape index (κ1) is 14.6. The summed E-state index contributed by atoms with van der Waals surface area (Å²) in [6, 6.07) is 4.48. The quantitative estimate of drug-likeness (QED) is 0.761. The number of nitrogens with one attached hydrogen (secondary N) is 1. The summed E-state index contributed by atoms with van der Waals surface area (Å²) in [6.45, 7) is 0.173. The average Bonchev–Trinajstić information content (AvgIpc) is 3.19. The molecular formula is C15H15FN6O2. The second-order valence-electron chi connectivity index (χ2n) is 5.77. The Hall–Kier alpha value is -2.97. The van der Waals surface area contributed by atoms with Gasteiger partial charge in [-0.15, -0.1) is 0 Å². The van der Waals surface area contributed by atoms with Crippen LogP contribution in [0.2, 0.25) is 0 Å². The minimum atomic E-state index is -0.440. The zero-order valence-corrected chi connectivity index (χ0v) is 12.9. The molecule has 0 saturated heterocycles. The van der Waals surface area contributed by atoms with Gasteiger partial charge in [0.1, 0.15) is 12.4 Å². The standard InChI is InChI=1S/C15H15FN6O2/c1-21-15(23)22(20-19-21)13-7-10(16)6-11(9-2-3-9)12(13)8-24-14-4-5-17-18-14/h4-7,9H,2-3,8H2,1H3,(H,17,18). The van der Waals surface area contributed by atoms with Crippen LogP contribution in [0.1, 0.15) is 29.9 Å². The van der Waals surface area contributed by atoms with Gasteiger partial charge in [0.25, 0.3) is 0 Å². The van der Waals surface area contributed by atoms with Crippen molar-refractivity contribution in [2.24, 2.45) is 7.05 Å². The number of hydrogen-bond donors (Lipinski definition) is 1. The molecule has 24 heavy (non-hydrogen) atoms. The number of aryl methyl sites for hydroxylation is 1. The van der Waals surface area contributed by atoms with Crippen LogP contribution >= 0.6 is 0 Å². The molecule has 1 aromatic carbocycles. The SMILES string of the molecule is Cn1nnn(-c2cc(F)cc(C3CC3)c2COc2ccn[nH]2)c1=O. The fraction of sp³-hybridized carbons (Fsp3) is 0.333. The van der Waals surface area contributed by atoms with Crippen molar-refractivity contribution < 1.29 is 9.13 Å². The predicted octanol–water partition coefficient (Wildman–Crippen LogP) is 1.28. The molecule has 8 nitrogen and oxygen atoms in total. The lowest BCUT2D eigenvalue weighted by Gasteiger charge is -2.14. The van der Waals surface area contributed by atoms with Crippen molar-refractivity contribution >= 4 is 0 Å². The number of nitrogens with zero attached hydrogens (tertiary/aromatic N) is 5. The lowest BCUT2D eigenvalue weighted by atomic mass is 10.0. The smallest absolute Gasteiger partial charge is 0.368 e. The second-order valence-corrected chi connectivity index (χ2v) is 5.77. The normalized spacial score (nSPS) is 14.1. The maximum atomic E-state index is 14.1. The van der Waals surface area contributed by atoms with Crippen molar-refractivity contribution in [3.05, 3.63) is 51.8 Å². The highest BCUT2D eigenvalue weighted by Gasteiger charge is 2.29. The van der Waals surface area contributed by atoms with E-state index in [0.717, 1.165) is 33.3 Å². The number of ether oxygens (including phenoxy) is 1. The number of rotatable bonds is 5. The number of aromatic nitrogens is 6. The molecule has 0 spiro atoms. The van der Waals surface area contributed by atoms with Crippen molar-refractivity contribution in [1.29, 1.82) is 0 Å². The molecule has 0 bridgehead atoms. The molecule has 1 fully saturated rings. The van der Waals surface area contributed by atoms with Gasteiger partial charge >= 0.3 is 5.69 Å². The van der Waals surface area contributed by atoms with Crippen molar-refractivity contribution in [2.45, 2.75) is 25.4 Å². The highest BCUT2D eigenvalue weighted by Crippen LogP contribution is 2.43. The third-order valence-electron chi connectivity index (χ3n) is 4.04. The van der Waals surface area contributed by atoms with E-state index in [1.165, 1.54) is 19.2 Å². The average molecular weight is 330 g/mol. The van der Waals surface area contributed by atoms with Crippen molar-refractivity contribution in [2.75, 3.05) is 0 Å². The molecule has 1 N–H and O–H groups in total. The van der Waals surface area contributed by atoms with E-state index in [1.807, 2.05) is 0 Å². The van der Waals surface area contributed by atoms with Gasteiger partial charge in [0.2, 0.25) is 5.88 Å². The van der Waals surface area contributed by atoms with Crippen LogP contribution in [0, 0.1) is 5.82 Å². The molecule has 124 valence electrons. The van der Waals surface area contributed by atoms with Crippen LogP contribution in [-0.4, -0.2) is 30.0 Å². The molecule has 0 atom stereocenters. The van der Waals surface area contributed by atoms with E-state index in [4.69, 9.17) is 4.74 Å². The Labute approximate surface area is 135 Å². The number of hydrogen-bond acceptors (Lipinski definition) is 5. The van der Waals surface area contributed by atoms with Crippen molar-refractivity contribution in [3.8, 4) is 11.6 Å². The molecule has 0 aliphatic heterocycles. The predicted molar refractivity (Wildman–Crippen MR) is 81.5 cm³/mol. The Balaban J connectivity index is 1.81. The summed E-state index contributed by atoms with van der Waals surface area (Å²) in [5.74, 6) is 0.375. The van der Waals surface area contributed by atoms with E-state index in [9.17, 15) is 9.18 Å². The second kappa shape index (κ2) is 5.59. The van der Waals surface area contributed by atoms with Gasteiger partial charge < -0.3 is 4.74 Å². The third-order valence-corrected chi connectivity index (χ3v) is 4.04. The van der Waals surface area contributed by atoms with Crippen LogP contribution in [0.3, 0.4) is 0 Å². The molecule has 4 rings (SSSR count). The number of H-pyrrole nitrogens is 1. The number of aromatic amines is 1. The van der Waals surface area contributed by atoms with E-state index in [2.05, 4.69) is 20.6 Å². The maximum absolute atomic E-state index is 14.1. The molecule has 1 aliphatic carbocycles. The minimum absolute atomic E-state index is 0.173. The molecular weight excluding hydrogens is 315 g/mol. The molecule has 1 aliphatic rings. The monoisotopic (exact) mass is 330 g/mol. The summed E-state index contributed by atoms with van der Waals surface area (Å²) >= 11 is 0. The van der Waals surface area contributed by atoms with Crippen molar-refractivity contribution in [3.63, 3.8) is 0 Å². The zero-order valence-electron chi connectivity index (χ0n) is 12.9. The van der Waals surface area contributed by atoms with Crippen LogP contribution in [0.25, 0.3) is 5.69 Å². The first-order valence-corrected chi connectivity index (χ1v) is 7.57. The summed E-state index contributed by atoms with van der Waals surface area (Å²) in [7, 11) is 1.49. The van der Waals surface area contributed by atoms with E-state index in [0.29, 0.717) is 11.6 Å². The number of halogens is 1. The molecule has 0 radical (unpaired) electrons. The first-order valence-electron chi connectivity index (χ1n) is 7.57. The first-order chi connectivity index (χ1) is 11.6. The van der Waals surface area contributed by atoms with Gasteiger partial charge in [-0.05, 0) is 40.8 Å². The highest BCUT2D eigenvalue weighted by atomic mass is 19.1. The summed E-state index contributed by atoms with van der Waals surface area (Å²) < 4.78 is 22.0. The van der Waals surface area contributed by atoms with Crippen LogP contribution in [0.4, 0.5) is 4.39 Å². The van der Waals surface area contributed by atoms with Gasteiger partial charge in [0, 0.05) is 24.7 Å². The van der Waals surface area contributed by atoms with Gasteiger partial charge in [-0.1, -0.05) is 0 Å². The molecule has 0 amide bonds. The Morgan fingerprint density at radius 1 is 1.38 bits per heavy atom. The zero-order chi connectivity index (χ0) is 16.7. The number of benzene rings is 1. The van der Waals surface area contributed by atoms with Crippen LogP contribution < -0.4 is 10.4 Å². The maximum Gasteiger partial charge on any atom is 0.368 e.